The summed E-state index contributed by atoms with van der Waals surface area (Å²) in [5.74, 6) is 0. The SMILES string of the molecule is CC/C(=C/c1ccccc1C)c1ccccc1. The highest BCUT2D eigenvalue weighted by atomic mass is 14.0. The fourth-order valence-electron chi connectivity index (χ4n) is 1.98. The minimum absolute atomic E-state index is 1.05. The van der Waals surface area contributed by atoms with E-state index in [-0.39, 0.29) is 0 Å². The molecule has 2 aromatic carbocycles. The van der Waals surface area contributed by atoms with Crippen LogP contribution in [0.4, 0.5) is 0 Å². The Hall–Kier alpha value is -1.82. The van der Waals surface area contributed by atoms with Crippen LogP contribution >= 0.6 is 0 Å². The van der Waals surface area contributed by atoms with Crippen molar-refractivity contribution >= 4 is 11.6 Å². The minimum Gasteiger partial charge on any atom is -0.0622 e. The van der Waals surface area contributed by atoms with Gasteiger partial charge in [-0.1, -0.05) is 67.6 Å². The Kier molecular flexibility index (Phi) is 3.77. The Morgan fingerprint density at radius 1 is 0.941 bits per heavy atom. The molecule has 0 fully saturated rings. The molecule has 2 aromatic rings. The highest BCUT2D eigenvalue weighted by Gasteiger charge is 2.00. The standard InChI is InChI=1S/C17H18/c1-3-15(16-10-5-4-6-11-16)13-17-12-8-7-9-14(17)2/h4-13H,3H2,1-2H3/b15-13-. The van der Waals surface area contributed by atoms with Crippen LogP contribution in [0.1, 0.15) is 30.0 Å². The normalized spacial score (nSPS) is 11.5. The quantitative estimate of drug-likeness (QED) is 0.645. The van der Waals surface area contributed by atoms with Crippen molar-refractivity contribution in [2.75, 3.05) is 0 Å². The molecule has 0 atom stereocenters. The third kappa shape index (κ3) is 2.85. The van der Waals surface area contributed by atoms with Crippen LogP contribution in [-0.2, 0) is 0 Å². The van der Waals surface area contributed by atoms with Gasteiger partial charge in [0.2, 0.25) is 0 Å². The van der Waals surface area contributed by atoms with Gasteiger partial charge < -0.3 is 0 Å². The van der Waals surface area contributed by atoms with Gasteiger partial charge in [-0.3, -0.25) is 0 Å². The van der Waals surface area contributed by atoms with Gasteiger partial charge in [-0.2, -0.15) is 0 Å². The first-order chi connectivity index (χ1) is 8.31. The summed E-state index contributed by atoms with van der Waals surface area (Å²) >= 11 is 0. The van der Waals surface area contributed by atoms with Gasteiger partial charge in [0.05, 0.1) is 0 Å². The van der Waals surface area contributed by atoms with Crippen LogP contribution < -0.4 is 0 Å². The molecule has 2 rings (SSSR count). The van der Waals surface area contributed by atoms with Crippen molar-refractivity contribution in [1.82, 2.24) is 0 Å². The molecule has 0 aliphatic carbocycles. The van der Waals surface area contributed by atoms with Crippen LogP contribution in [0.3, 0.4) is 0 Å². The topological polar surface area (TPSA) is 0 Å². The zero-order valence-electron chi connectivity index (χ0n) is 10.5. The summed E-state index contributed by atoms with van der Waals surface area (Å²) in [5.41, 5.74) is 5.35. The van der Waals surface area contributed by atoms with E-state index in [1.165, 1.54) is 22.3 Å². The molecule has 0 unspecified atom stereocenters. The van der Waals surface area contributed by atoms with E-state index in [0.29, 0.717) is 0 Å². The third-order valence-electron chi connectivity index (χ3n) is 3.04. The lowest BCUT2D eigenvalue weighted by molar-refractivity contribution is 1.24. The number of aryl methyl sites for hydroxylation is 1. The Bertz CT molecular complexity index is 507. The summed E-state index contributed by atoms with van der Waals surface area (Å²) in [4.78, 5) is 0. The lowest BCUT2D eigenvalue weighted by Crippen LogP contribution is -1.85. The first-order valence-electron chi connectivity index (χ1n) is 6.13. The first kappa shape index (κ1) is 11.7. The van der Waals surface area contributed by atoms with E-state index < -0.39 is 0 Å². The number of hydrogen-bond donors (Lipinski definition) is 0. The van der Waals surface area contributed by atoms with Crippen molar-refractivity contribution in [3.63, 3.8) is 0 Å². The van der Waals surface area contributed by atoms with E-state index in [4.69, 9.17) is 0 Å². The molecule has 0 saturated heterocycles. The van der Waals surface area contributed by atoms with Crippen LogP contribution in [0.2, 0.25) is 0 Å². The minimum atomic E-state index is 1.05. The van der Waals surface area contributed by atoms with Crippen molar-refractivity contribution in [1.29, 1.82) is 0 Å². The van der Waals surface area contributed by atoms with E-state index in [9.17, 15) is 0 Å². The molecule has 0 saturated carbocycles. The Labute approximate surface area is 104 Å². The predicted octanol–water partition coefficient (Wildman–Crippen LogP) is 4.95. The van der Waals surface area contributed by atoms with Gasteiger partial charge in [-0.25, -0.2) is 0 Å². The lowest BCUT2D eigenvalue weighted by Gasteiger charge is -2.06. The van der Waals surface area contributed by atoms with Crippen LogP contribution in [0.5, 0.6) is 0 Å². The predicted molar refractivity (Wildman–Crippen MR) is 75.8 cm³/mol. The van der Waals surface area contributed by atoms with Gasteiger partial charge in [0.1, 0.15) is 0 Å². The maximum absolute atomic E-state index is 2.30. The summed E-state index contributed by atoms with van der Waals surface area (Å²) in [6.07, 6.45) is 3.35. The van der Waals surface area contributed by atoms with Crippen LogP contribution in [0.25, 0.3) is 11.6 Å². The van der Waals surface area contributed by atoms with E-state index in [0.717, 1.165) is 6.42 Å². The fraction of sp³-hybridized carbons (Fsp3) is 0.176. The lowest BCUT2D eigenvalue weighted by atomic mass is 9.99. The van der Waals surface area contributed by atoms with E-state index >= 15 is 0 Å². The van der Waals surface area contributed by atoms with Gasteiger partial charge in [-0.15, -0.1) is 0 Å². The largest absolute Gasteiger partial charge is 0.0622 e. The second-order valence-electron chi connectivity index (χ2n) is 4.25. The highest BCUT2D eigenvalue weighted by molar-refractivity contribution is 5.82. The van der Waals surface area contributed by atoms with Gasteiger partial charge >= 0.3 is 0 Å². The summed E-state index contributed by atoms with van der Waals surface area (Å²) in [5, 5.41) is 0. The average Bonchev–Trinajstić information content (AvgIpc) is 2.39. The van der Waals surface area contributed by atoms with E-state index in [1.807, 2.05) is 0 Å². The smallest absolute Gasteiger partial charge is 0.0224 e. The zero-order chi connectivity index (χ0) is 12.1. The molecule has 0 amide bonds. The molecule has 0 aliphatic heterocycles. The van der Waals surface area contributed by atoms with Crippen LogP contribution in [0, 0.1) is 6.92 Å². The number of benzene rings is 2. The number of allylic oxidation sites excluding steroid dienone is 1. The van der Waals surface area contributed by atoms with Gasteiger partial charge in [0, 0.05) is 0 Å². The maximum atomic E-state index is 2.30. The average molecular weight is 222 g/mol. The maximum Gasteiger partial charge on any atom is -0.0224 e. The Morgan fingerprint density at radius 3 is 2.24 bits per heavy atom. The monoisotopic (exact) mass is 222 g/mol. The zero-order valence-corrected chi connectivity index (χ0v) is 10.5. The molecule has 86 valence electrons. The third-order valence-corrected chi connectivity index (χ3v) is 3.04. The molecule has 0 radical (unpaired) electrons. The molecule has 0 aliphatic rings. The molecule has 0 heteroatoms. The highest BCUT2D eigenvalue weighted by Crippen LogP contribution is 2.22. The van der Waals surface area contributed by atoms with Crippen molar-refractivity contribution in [2.24, 2.45) is 0 Å². The summed E-state index contributed by atoms with van der Waals surface area (Å²) in [6.45, 7) is 4.36. The fourth-order valence-corrected chi connectivity index (χ4v) is 1.98. The Balaban J connectivity index is 2.40. The molecular weight excluding hydrogens is 204 g/mol. The Morgan fingerprint density at radius 2 is 1.59 bits per heavy atom. The van der Waals surface area contributed by atoms with Crippen LogP contribution in [-0.4, -0.2) is 0 Å². The number of rotatable bonds is 3. The second-order valence-corrected chi connectivity index (χ2v) is 4.25. The molecule has 0 bridgehead atoms. The molecule has 0 aromatic heterocycles. The molecule has 0 heterocycles. The summed E-state index contributed by atoms with van der Waals surface area (Å²) < 4.78 is 0. The van der Waals surface area contributed by atoms with Crippen molar-refractivity contribution in [3.8, 4) is 0 Å². The summed E-state index contributed by atoms with van der Waals surface area (Å²) in [7, 11) is 0. The molecular formula is C17H18. The molecule has 0 nitrogen and oxygen atoms in total. The molecule has 17 heavy (non-hydrogen) atoms. The first-order valence-corrected chi connectivity index (χ1v) is 6.13. The molecule has 0 N–H and O–H groups in total. The number of hydrogen-bond acceptors (Lipinski definition) is 0. The second kappa shape index (κ2) is 5.49. The van der Waals surface area contributed by atoms with Gasteiger partial charge in [-0.05, 0) is 35.6 Å². The van der Waals surface area contributed by atoms with Gasteiger partial charge in [0.15, 0.2) is 0 Å². The van der Waals surface area contributed by atoms with Crippen molar-refractivity contribution < 1.29 is 0 Å². The van der Waals surface area contributed by atoms with Crippen LogP contribution in [0.15, 0.2) is 54.6 Å². The van der Waals surface area contributed by atoms with Crippen molar-refractivity contribution in [2.45, 2.75) is 20.3 Å². The summed E-state index contributed by atoms with van der Waals surface area (Å²) in [6, 6.07) is 19.1. The van der Waals surface area contributed by atoms with Crippen molar-refractivity contribution in [3.05, 3.63) is 71.3 Å². The van der Waals surface area contributed by atoms with E-state index in [1.54, 1.807) is 0 Å². The van der Waals surface area contributed by atoms with E-state index in [2.05, 4.69) is 74.5 Å². The molecule has 0 spiro atoms. The van der Waals surface area contributed by atoms with Gasteiger partial charge in [0.25, 0.3) is 0 Å².